The molecule has 1 unspecified atom stereocenters. The molecule has 0 aliphatic carbocycles. The molecule has 5 nitrogen and oxygen atoms in total. The Morgan fingerprint density at radius 3 is 2.38 bits per heavy atom. The largest absolute Gasteiger partial charge is 0.481 e. The van der Waals surface area contributed by atoms with Crippen LogP contribution in [0, 0.1) is 5.92 Å². The fourth-order valence-electron chi connectivity index (χ4n) is 1.18. The SMILES string of the molecule is CCCC(CNC(=O)C(C)(C)OC)C(=O)O. The summed E-state index contributed by atoms with van der Waals surface area (Å²) >= 11 is 0. The van der Waals surface area contributed by atoms with Crippen LogP contribution in [0.1, 0.15) is 33.6 Å². The standard InChI is InChI=1S/C11H21NO4/c1-5-6-8(9(13)14)7-12-10(15)11(2,3)16-4/h8H,5-7H2,1-4H3,(H,12,15)(H,13,14). The van der Waals surface area contributed by atoms with E-state index in [1.807, 2.05) is 6.92 Å². The highest BCUT2D eigenvalue weighted by molar-refractivity contribution is 5.84. The first-order valence-corrected chi connectivity index (χ1v) is 5.41. The Hall–Kier alpha value is -1.10. The van der Waals surface area contributed by atoms with Crippen LogP contribution in [0.4, 0.5) is 0 Å². The number of aliphatic carboxylic acids is 1. The smallest absolute Gasteiger partial charge is 0.308 e. The van der Waals surface area contributed by atoms with Gasteiger partial charge in [-0.3, -0.25) is 9.59 Å². The molecule has 16 heavy (non-hydrogen) atoms. The van der Waals surface area contributed by atoms with Crippen LogP contribution in [0.3, 0.4) is 0 Å². The lowest BCUT2D eigenvalue weighted by molar-refractivity contribution is -0.143. The molecule has 1 atom stereocenters. The molecule has 1 amide bonds. The lowest BCUT2D eigenvalue weighted by Crippen LogP contribution is -2.45. The Morgan fingerprint density at radius 2 is 2.00 bits per heavy atom. The van der Waals surface area contributed by atoms with Crippen LogP contribution >= 0.6 is 0 Å². The lowest BCUT2D eigenvalue weighted by Gasteiger charge is -2.22. The molecule has 0 spiro atoms. The van der Waals surface area contributed by atoms with Gasteiger partial charge in [0.25, 0.3) is 5.91 Å². The van der Waals surface area contributed by atoms with Gasteiger partial charge < -0.3 is 15.2 Å². The third kappa shape index (κ3) is 4.61. The van der Waals surface area contributed by atoms with Gasteiger partial charge in [-0.2, -0.15) is 0 Å². The highest BCUT2D eigenvalue weighted by Crippen LogP contribution is 2.09. The van der Waals surface area contributed by atoms with Crippen molar-refractivity contribution in [2.45, 2.75) is 39.2 Å². The summed E-state index contributed by atoms with van der Waals surface area (Å²) in [4.78, 5) is 22.4. The van der Waals surface area contributed by atoms with Crippen LogP contribution in [0.5, 0.6) is 0 Å². The van der Waals surface area contributed by atoms with E-state index in [-0.39, 0.29) is 12.5 Å². The van der Waals surface area contributed by atoms with Gasteiger partial charge in [-0.05, 0) is 20.3 Å². The molecule has 0 saturated carbocycles. The first-order chi connectivity index (χ1) is 7.35. The van der Waals surface area contributed by atoms with Crippen molar-refractivity contribution >= 4 is 11.9 Å². The molecule has 94 valence electrons. The average Bonchev–Trinajstić information content (AvgIpc) is 2.23. The molecule has 0 heterocycles. The maximum atomic E-state index is 11.6. The summed E-state index contributed by atoms with van der Waals surface area (Å²) in [5, 5.41) is 11.5. The number of carboxylic acid groups (broad SMARTS) is 1. The summed E-state index contributed by atoms with van der Waals surface area (Å²) in [5.74, 6) is -1.70. The van der Waals surface area contributed by atoms with Crippen LogP contribution in [0.15, 0.2) is 0 Å². The maximum absolute atomic E-state index is 11.6. The second-order valence-electron chi connectivity index (χ2n) is 4.25. The lowest BCUT2D eigenvalue weighted by atomic mass is 10.0. The number of amides is 1. The first-order valence-electron chi connectivity index (χ1n) is 5.41. The van der Waals surface area contributed by atoms with Gasteiger partial charge >= 0.3 is 5.97 Å². The Bertz CT molecular complexity index is 250. The van der Waals surface area contributed by atoms with Crippen LogP contribution < -0.4 is 5.32 Å². The van der Waals surface area contributed by atoms with E-state index in [1.165, 1.54) is 7.11 Å². The molecule has 0 aliphatic rings. The molecule has 0 aromatic heterocycles. The predicted octanol–water partition coefficient (Wildman–Crippen LogP) is 1.03. The minimum Gasteiger partial charge on any atom is -0.481 e. The summed E-state index contributed by atoms with van der Waals surface area (Å²) in [5.41, 5.74) is -0.921. The van der Waals surface area contributed by atoms with Gasteiger partial charge in [-0.15, -0.1) is 0 Å². The monoisotopic (exact) mass is 231 g/mol. The molecule has 0 aliphatic heterocycles. The van der Waals surface area contributed by atoms with E-state index < -0.39 is 17.5 Å². The zero-order chi connectivity index (χ0) is 12.8. The van der Waals surface area contributed by atoms with E-state index >= 15 is 0 Å². The van der Waals surface area contributed by atoms with Gasteiger partial charge in [-0.25, -0.2) is 0 Å². The second-order valence-corrected chi connectivity index (χ2v) is 4.25. The number of nitrogens with one attached hydrogen (secondary N) is 1. The zero-order valence-corrected chi connectivity index (χ0v) is 10.4. The molecule has 0 saturated heterocycles. The summed E-state index contributed by atoms with van der Waals surface area (Å²) in [6, 6.07) is 0. The van der Waals surface area contributed by atoms with Gasteiger partial charge in [0.05, 0.1) is 5.92 Å². The molecule has 2 N–H and O–H groups in total. The summed E-state index contributed by atoms with van der Waals surface area (Å²) in [7, 11) is 1.44. The predicted molar refractivity (Wildman–Crippen MR) is 60.1 cm³/mol. The molecule has 0 rings (SSSR count). The molecular formula is C11H21NO4. The third-order valence-electron chi connectivity index (χ3n) is 2.55. The molecule has 0 bridgehead atoms. The summed E-state index contributed by atoms with van der Waals surface area (Å²) in [6.07, 6.45) is 1.34. The molecule has 0 aromatic rings. The first kappa shape index (κ1) is 14.9. The van der Waals surface area contributed by atoms with Crippen molar-refractivity contribution in [1.29, 1.82) is 0 Å². The van der Waals surface area contributed by atoms with Crippen molar-refractivity contribution in [3.8, 4) is 0 Å². The van der Waals surface area contributed by atoms with Crippen molar-refractivity contribution in [3.05, 3.63) is 0 Å². The highest BCUT2D eigenvalue weighted by atomic mass is 16.5. The molecular weight excluding hydrogens is 210 g/mol. The van der Waals surface area contributed by atoms with Gasteiger partial charge in [0.15, 0.2) is 0 Å². The van der Waals surface area contributed by atoms with Crippen LogP contribution in [0.25, 0.3) is 0 Å². The van der Waals surface area contributed by atoms with Crippen LogP contribution in [-0.4, -0.2) is 36.2 Å². The normalized spacial score (nSPS) is 13.2. The number of ether oxygens (including phenoxy) is 1. The van der Waals surface area contributed by atoms with Crippen LogP contribution in [-0.2, 0) is 14.3 Å². The molecule has 0 fully saturated rings. The van der Waals surface area contributed by atoms with E-state index in [2.05, 4.69) is 5.32 Å². The topological polar surface area (TPSA) is 75.6 Å². The number of methoxy groups -OCH3 is 1. The Morgan fingerprint density at radius 1 is 1.44 bits per heavy atom. The minimum atomic E-state index is -0.921. The number of hydrogen-bond acceptors (Lipinski definition) is 3. The Kier molecular flexibility index (Phi) is 6.03. The minimum absolute atomic E-state index is 0.148. The fourth-order valence-corrected chi connectivity index (χ4v) is 1.18. The summed E-state index contributed by atoms with van der Waals surface area (Å²) in [6.45, 7) is 5.33. The van der Waals surface area contributed by atoms with Crippen LogP contribution in [0.2, 0.25) is 0 Å². The van der Waals surface area contributed by atoms with Crippen molar-refractivity contribution in [2.75, 3.05) is 13.7 Å². The average molecular weight is 231 g/mol. The van der Waals surface area contributed by atoms with Gasteiger partial charge in [-0.1, -0.05) is 13.3 Å². The quantitative estimate of drug-likeness (QED) is 0.686. The van der Waals surface area contributed by atoms with Crippen molar-refractivity contribution < 1.29 is 19.4 Å². The molecule has 0 radical (unpaired) electrons. The summed E-state index contributed by atoms with van der Waals surface area (Å²) < 4.78 is 4.99. The fraction of sp³-hybridized carbons (Fsp3) is 0.818. The molecule has 0 aromatic carbocycles. The second kappa shape index (κ2) is 6.48. The third-order valence-corrected chi connectivity index (χ3v) is 2.55. The zero-order valence-electron chi connectivity index (χ0n) is 10.4. The van der Waals surface area contributed by atoms with Gasteiger partial charge in [0.2, 0.25) is 0 Å². The van der Waals surface area contributed by atoms with Crippen molar-refractivity contribution in [1.82, 2.24) is 5.32 Å². The number of hydrogen-bond donors (Lipinski definition) is 2. The van der Waals surface area contributed by atoms with E-state index in [9.17, 15) is 9.59 Å². The van der Waals surface area contributed by atoms with E-state index in [1.54, 1.807) is 13.8 Å². The highest BCUT2D eigenvalue weighted by Gasteiger charge is 2.28. The van der Waals surface area contributed by atoms with Crippen molar-refractivity contribution in [3.63, 3.8) is 0 Å². The van der Waals surface area contributed by atoms with Gasteiger partial charge in [0.1, 0.15) is 5.60 Å². The Balaban J connectivity index is 4.21. The van der Waals surface area contributed by atoms with Gasteiger partial charge in [0, 0.05) is 13.7 Å². The number of carboxylic acids is 1. The Labute approximate surface area is 96.2 Å². The maximum Gasteiger partial charge on any atom is 0.308 e. The van der Waals surface area contributed by atoms with E-state index in [4.69, 9.17) is 9.84 Å². The van der Waals surface area contributed by atoms with E-state index in [0.29, 0.717) is 6.42 Å². The molecule has 5 heteroatoms. The van der Waals surface area contributed by atoms with E-state index in [0.717, 1.165) is 6.42 Å². The van der Waals surface area contributed by atoms with Crippen molar-refractivity contribution in [2.24, 2.45) is 5.92 Å². The number of carbonyl (C=O) groups is 2. The number of rotatable bonds is 7. The number of carbonyl (C=O) groups excluding carboxylic acids is 1.